The molecule has 2 rings (SSSR count). The number of nitrogens with two attached hydrogens (primary N) is 1. The van der Waals surface area contributed by atoms with Gasteiger partial charge in [-0.1, -0.05) is 0 Å². The number of anilines is 1. The first-order valence-corrected chi connectivity index (χ1v) is 3.48. The van der Waals surface area contributed by atoms with Crippen molar-refractivity contribution in [3.63, 3.8) is 0 Å². The number of methoxy groups -OCH3 is 1. The van der Waals surface area contributed by atoms with Gasteiger partial charge < -0.3 is 14.9 Å². The number of benzene rings is 1. The topological polar surface area (TPSA) is 61.3 Å². The van der Waals surface area contributed by atoms with Crippen molar-refractivity contribution in [1.29, 1.82) is 0 Å². The average Bonchev–Trinajstić information content (AvgIpc) is 2.49. The van der Waals surface area contributed by atoms with Crippen LogP contribution in [0.2, 0.25) is 0 Å². The zero-order valence-electron chi connectivity index (χ0n) is 6.57. The maximum atomic E-state index is 5.64. The Hall–Kier alpha value is -1.71. The number of nitrogens with zero attached hydrogens (tertiary/aromatic N) is 1. The summed E-state index contributed by atoms with van der Waals surface area (Å²) in [6.07, 6.45) is 1.38. The van der Waals surface area contributed by atoms with E-state index in [1.54, 1.807) is 19.2 Å². The predicted octanol–water partition coefficient (Wildman–Crippen LogP) is 1.42. The van der Waals surface area contributed by atoms with Crippen LogP contribution in [0.4, 0.5) is 5.69 Å². The van der Waals surface area contributed by atoms with Crippen LogP contribution < -0.4 is 10.5 Å². The molecule has 0 amide bonds. The van der Waals surface area contributed by atoms with Crippen molar-refractivity contribution in [2.45, 2.75) is 0 Å². The van der Waals surface area contributed by atoms with Gasteiger partial charge in [0.15, 0.2) is 12.0 Å². The molecule has 2 N–H and O–H groups in total. The standard InChI is InChI=1S/C8H8N2O2/c1-11-7-3-6-8(2-5(7)9)12-4-10-6/h2-4H,9H2,1H3. The van der Waals surface area contributed by atoms with Crippen LogP contribution in [0.3, 0.4) is 0 Å². The normalized spacial score (nSPS) is 10.4. The van der Waals surface area contributed by atoms with E-state index in [1.165, 1.54) is 6.39 Å². The molecule has 0 atom stereocenters. The lowest BCUT2D eigenvalue weighted by Crippen LogP contribution is -1.91. The molecule has 1 aromatic carbocycles. The molecule has 62 valence electrons. The maximum Gasteiger partial charge on any atom is 0.181 e. The van der Waals surface area contributed by atoms with E-state index in [4.69, 9.17) is 14.9 Å². The number of fused-ring (bicyclic) bond motifs is 1. The van der Waals surface area contributed by atoms with Crippen LogP contribution in [-0.4, -0.2) is 12.1 Å². The molecule has 4 heteroatoms. The third-order valence-electron chi connectivity index (χ3n) is 1.68. The molecule has 0 bridgehead atoms. The minimum Gasteiger partial charge on any atom is -0.495 e. The second-order valence-corrected chi connectivity index (χ2v) is 2.41. The van der Waals surface area contributed by atoms with E-state index in [9.17, 15) is 0 Å². The summed E-state index contributed by atoms with van der Waals surface area (Å²) >= 11 is 0. The smallest absolute Gasteiger partial charge is 0.181 e. The molecular formula is C8H8N2O2. The van der Waals surface area contributed by atoms with Crippen molar-refractivity contribution in [3.05, 3.63) is 18.5 Å². The molecule has 0 aliphatic rings. The Labute approximate surface area is 68.9 Å². The van der Waals surface area contributed by atoms with Crippen molar-refractivity contribution in [2.24, 2.45) is 0 Å². The SMILES string of the molecule is COc1cc2ncoc2cc1N. The van der Waals surface area contributed by atoms with Gasteiger partial charge in [-0.25, -0.2) is 4.98 Å². The van der Waals surface area contributed by atoms with Crippen LogP contribution in [0.1, 0.15) is 0 Å². The van der Waals surface area contributed by atoms with Crippen molar-refractivity contribution in [3.8, 4) is 5.75 Å². The fourth-order valence-electron chi connectivity index (χ4n) is 1.08. The molecule has 1 heterocycles. The molecule has 2 aromatic rings. The van der Waals surface area contributed by atoms with Crippen LogP contribution >= 0.6 is 0 Å². The van der Waals surface area contributed by atoms with Crippen LogP contribution in [-0.2, 0) is 0 Å². The average molecular weight is 164 g/mol. The summed E-state index contributed by atoms with van der Waals surface area (Å²) in [4.78, 5) is 3.97. The minimum absolute atomic E-state index is 0.557. The second-order valence-electron chi connectivity index (χ2n) is 2.41. The first-order chi connectivity index (χ1) is 5.81. The summed E-state index contributed by atoms with van der Waals surface area (Å²) in [5, 5.41) is 0. The number of hydrogen-bond donors (Lipinski definition) is 1. The summed E-state index contributed by atoms with van der Waals surface area (Å²) in [5.74, 6) is 0.622. The van der Waals surface area contributed by atoms with Crippen LogP contribution in [0.25, 0.3) is 11.1 Å². The Balaban J connectivity index is 2.73. The van der Waals surface area contributed by atoms with Gasteiger partial charge in [-0.15, -0.1) is 0 Å². The lowest BCUT2D eigenvalue weighted by molar-refractivity contribution is 0.417. The Bertz CT molecular complexity index is 408. The fourth-order valence-corrected chi connectivity index (χ4v) is 1.08. The van der Waals surface area contributed by atoms with E-state index in [0.717, 1.165) is 5.52 Å². The monoisotopic (exact) mass is 164 g/mol. The van der Waals surface area contributed by atoms with E-state index < -0.39 is 0 Å². The summed E-state index contributed by atoms with van der Waals surface area (Å²) in [6.45, 7) is 0. The number of oxazole rings is 1. The summed E-state index contributed by atoms with van der Waals surface area (Å²) in [7, 11) is 1.57. The number of ether oxygens (including phenoxy) is 1. The van der Waals surface area contributed by atoms with Gasteiger partial charge in [0, 0.05) is 12.1 Å². The lowest BCUT2D eigenvalue weighted by Gasteiger charge is -2.01. The molecule has 0 unspecified atom stereocenters. The van der Waals surface area contributed by atoms with Gasteiger partial charge >= 0.3 is 0 Å². The van der Waals surface area contributed by atoms with Crippen LogP contribution in [0, 0.1) is 0 Å². The third-order valence-corrected chi connectivity index (χ3v) is 1.68. The second kappa shape index (κ2) is 2.41. The van der Waals surface area contributed by atoms with Crippen molar-refractivity contribution in [2.75, 3.05) is 12.8 Å². The van der Waals surface area contributed by atoms with Crippen molar-refractivity contribution in [1.82, 2.24) is 4.98 Å². The first kappa shape index (κ1) is 6.97. The number of rotatable bonds is 1. The van der Waals surface area contributed by atoms with E-state index in [2.05, 4.69) is 4.98 Å². The fraction of sp³-hybridized carbons (Fsp3) is 0.125. The molecule has 0 saturated heterocycles. The zero-order valence-corrected chi connectivity index (χ0v) is 6.57. The van der Waals surface area contributed by atoms with Gasteiger partial charge in [0.25, 0.3) is 0 Å². The molecule has 0 fully saturated rings. The zero-order chi connectivity index (χ0) is 8.55. The number of aromatic nitrogens is 1. The third kappa shape index (κ3) is 0.887. The van der Waals surface area contributed by atoms with Gasteiger partial charge in [0.2, 0.25) is 0 Å². The maximum absolute atomic E-state index is 5.64. The summed E-state index contributed by atoms with van der Waals surface area (Å²) < 4.78 is 10.1. The highest BCUT2D eigenvalue weighted by Gasteiger charge is 2.04. The molecule has 12 heavy (non-hydrogen) atoms. The summed E-state index contributed by atoms with van der Waals surface area (Å²) in [6, 6.07) is 3.44. The largest absolute Gasteiger partial charge is 0.495 e. The van der Waals surface area contributed by atoms with Crippen LogP contribution in [0.5, 0.6) is 5.75 Å². The Kier molecular flexibility index (Phi) is 1.40. The predicted molar refractivity (Wildman–Crippen MR) is 45.0 cm³/mol. The Morgan fingerprint density at radius 3 is 3.08 bits per heavy atom. The number of hydrogen-bond acceptors (Lipinski definition) is 4. The van der Waals surface area contributed by atoms with E-state index >= 15 is 0 Å². The Morgan fingerprint density at radius 1 is 1.50 bits per heavy atom. The van der Waals surface area contributed by atoms with Crippen molar-refractivity contribution >= 4 is 16.8 Å². The molecule has 0 aliphatic carbocycles. The highest BCUT2D eigenvalue weighted by atomic mass is 16.5. The van der Waals surface area contributed by atoms with Gasteiger partial charge in [-0.05, 0) is 0 Å². The highest BCUT2D eigenvalue weighted by molar-refractivity contribution is 5.80. The molecule has 0 saturated carbocycles. The van der Waals surface area contributed by atoms with Gasteiger partial charge in [-0.3, -0.25) is 0 Å². The molecule has 4 nitrogen and oxygen atoms in total. The molecule has 1 aromatic heterocycles. The van der Waals surface area contributed by atoms with Crippen LogP contribution in [0.15, 0.2) is 22.9 Å². The van der Waals surface area contributed by atoms with Gasteiger partial charge in [0.1, 0.15) is 11.3 Å². The molecular weight excluding hydrogens is 156 g/mol. The number of nitrogen functional groups attached to an aromatic ring is 1. The van der Waals surface area contributed by atoms with E-state index in [1.807, 2.05) is 0 Å². The van der Waals surface area contributed by atoms with Gasteiger partial charge in [0.05, 0.1) is 12.8 Å². The molecule has 0 aliphatic heterocycles. The van der Waals surface area contributed by atoms with Gasteiger partial charge in [-0.2, -0.15) is 0 Å². The molecule has 0 spiro atoms. The minimum atomic E-state index is 0.557. The Morgan fingerprint density at radius 2 is 2.33 bits per heavy atom. The first-order valence-electron chi connectivity index (χ1n) is 3.48. The van der Waals surface area contributed by atoms with E-state index in [0.29, 0.717) is 17.0 Å². The van der Waals surface area contributed by atoms with E-state index in [-0.39, 0.29) is 0 Å². The van der Waals surface area contributed by atoms with Crippen molar-refractivity contribution < 1.29 is 9.15 Å². The highest BCUT2D eigenvalue weighted by Crippen LogP contribution is 2.26. The lowest BCUT2D eigenvalue weighted by atomic mass is 10.2. The summed E-state index contributed by atoms with van der Waals surface area (Å²) in [5.41, 5.74) is 7.63. The molecule has 0 radical (unpaired) electrons. The quantitative estimate of drug-likeness (QED) is 0.647.